The van der Waals surface area contributed by atoms with Crippen molar-refractivity contribution in [2.75, 3.05) is 23.4 Å². The molecule has 5 nitrogen and oxygen atoms in total. The fourth-order valence-electron chi connectivity index (χ4n) is 5.48. The molecule has 3 heterocycles. The standard InChI is InChI=1S/C23H26N2O3/c1-14(26)25-12-3-4-17-20(25)10-9-19-21(17)23(2)18(11-13-28-23)22(24-19)15-5-7-16(27)8-6-15/h5-10,18,22,24,27H,3-4,11-13H2,1-2H3/t18-,22+,23-/m0/s1. The first-order valence-corrected chi connectivity index (χ1v) is 10.1. The Morgan fingerprint density at radius 3 is 2.79 bits per heavy atom. The highest BCUT2D eigenvalue weighted by atomic mass is 16.5. The number of nitrogens with one attached hydrogen (secondary N) is 1. The molecular formula is C23H26N2O3. The lowest BCUT2D eigenvalue weighted by molar-refractivity contribution is -0.116. The summed E-state index contributed by atoms with van der Waals surface area (Å²) in [5.41, 5.74) is 5.40. The van der Waals surface area contributed by atoms with Crippen molar-refractivity contribution in [3.8, 4) is 5.75 Å². The Morgan fingerprint density at radius 2 is 2.04 bits per heavy atom. The molecule has 0 aromatic heterocycles. The lowest BCUT2D eigenvalue weighted by Gasteiger charge is -2.46. The van der Waals surface area contributed by atoms with Crippen molar-refractivity contribution in [3.63, 3.8) is 0 Å². The lowest BCUT2D eigenvalue weighted by Crippen LogP contribution is -2.43. The Morgan fingerprint density at radius 1 is 1.25 bits per heavy atom. The molecule has 0 spiro atoms. The van der Waals surface area contributed by atoms with Crippen LogP contribution in [0.25, 0.3) is 0 Å². The summed E-state index contributed by atoms with van der Waals surface area (Å²) in [6.07, 6.45) is 2.93. The summed E-state index contributed by atoms with van der Waals surface area (Å²) in [6.45, 7) is 5.37. The van der Waals surface area contributed by atoms with E-state index in [0.29, 0.717) is 5.92 Å². The van der Waals surface area contributed by atoms with Crippen LogP contribution in [-0.4, -0.2) is 24.2 Å². The van der Waals surface area contributed by atoms with E-state index in [1.165, 1.54) is 11.1 Å². The molecule has 1 amide bonds. The largest absolute Gasteiger partial charge is 0.508 e. The SMILES string of the molecule is CC(=O)N1CCCc2c1ccc1c2[C@@]2(C)OCC[C@H]2[C@@H](c2ccc(O)cc2)N1. The molecule has 1 fully saturated rings. The first-order chi connectivity index (χ1) is 13.5. The smallest absolute Gasteiger partial charge is 0.223 e. The molecule has 2 N–H and O–H groups in total. The van der Waals surface area contributed by atoms with E-state index < -0.39 is 0 Å². The number of phenolic OH excluding ortho intramolecular Hbond substituents is 1. The first-order valence-electron chi connectivity index (χ1n) is 10.1. The molecule has 0 saturated carbocycles. The molecule has 146 valence electrons. The van der Waals surface area contributed by atoms with Gasteiger partial charge in [0.05, 0.1) is 11.6 Å². The van der Waals surface area contributed by atoms with Crippen molar-refractivity contribution in [1.29, 1.82) is 0 Å². The van der Waals surface area contributed by atoms with Crippen molar-refractivity contribution >= 4 is 17.3 Å². The molecule has 5 rings (SSSR count). The second-order valence-electron chi connectivity index (χ2n) is 8.32. The van der Waals surface area contributed by atoms with Gasteiger partial charge in [0.25, 0.3) is 0 Å². The predicted molar refractivity (Wildman–Crippen MR) is 109 cm³/mol. The average molecular weight is 378 g/mol. The number of fused-ring (bicyclic) bond motifs is 5. The van der Waals surface area contributed by atoms with E-state index in [2.05, 4.69) is 24.4 Å². The zero-order valence-corrected chi connectivity index (χ0v) is 16.4. The van der Waals surface area contributed by atoms with Crippen LogP contribution in [-0.2, 0) is 21.6 Å². The Bertz CT molecular complexity index is 940. The number of benzene rings is 2. The number of nitrogens with zero attached hydrogens (tertiary/aromatic N) is 1. The lowest BCUT2D eigenvalue weighted by atomic mass is 9.70. The number of carbonyl (C=O) groups excluding carboxylic acids is 1. The van der Waals surface area contributed by atoms with Gasteiger partial charge in [-0.15, -0.1) is 0 Å². The van der Waals surface area contributed by atoms with Gasteiger partial charge < -0.3 is 20.1 Å². The van der Waals surface area contributed by atoms with Crippen molar-refractivity contribution in [2.45, 2.75) is 44.8 Å². The fourth-order valence-corrected chi connectivity index (χ4v) is 5.48. The van der Waals surface area contributed by atoms with Gasteiger partial charge in [-0.05, 0) is 61.6 Å². The van der Waals surface area contributed by atoms with Gasteiger partial charge >= 0.3 is 0 Å². The summed E-state index contributed by atoms with van der Waals surface area (Å²) in [7, 11) is 0. The molecule has 0 aliphatic carbocycles. The normalized spacial score (nSPS) is 28.1. The molecule has 1 saturated heterocycles. The average Bonchev–Trinajstić information content (AvgIpc) is 3.09. The molecule has 0 unspecified atom stereocenters. The van der Waals surface area contributed by atoms with E-state index >= 15 is 0 Å². The van der Waals surface area contributed by atoms with Gasteiger partial charge in [0.2, 0.25) is 5.91 Å². The van der Waals surface area contributed by atoms with E-state index in [1.807, 2.05) is 17.0 Å². The zero-order valence-electron chi connectivity index (χ0n) is 16.4. The van der Waals surface area contributed by atoms with E-state index in [4.69, 9.17) is 4.74 Å². The van der Waals surface area contributed by atoms with Crippen LogP contribution in [0.5, 0.6) is 5.75 Å². The first kappa shape index (κ1) is 17.6. The Kier molecular flexibility index (Phi) is 3.91. The third-order valence-corrected chi connectivity index (χ3v) is 6.77. The summed E-state index contributed by atoms with van der Waals surface area (Å²) in [4.78, 5) is 14.1. The molecule has 3 aliphatic heterocycles. The van der Waals surface area contributed by atoms with E-state index in [9.17, 15) is 9.90 Å². The molecule has 3 aliphatic rings. The Balaban J connectivity index is 1.66. The predicted octanol–water partition coefficient (Wildman–Crippen LogP) is 4.11. The number of hydrogen-bond donors (Lipinski definition) is 2. The summed E-state index contributed by atoms with van der Waals surface area (Å²) in [5, 5.41) is 13.4. The van der Waals surface area contributed by atoms with Crippen molar-refractivity contribution in [1.82, 2.24) is 0 Å². The van der Waals surface area contributed by atoms with Gasteiger partial charge in [-0.1, -0.05) is 12.1 Å². The van der Waals surface area contributed by atoms with E-state index in [1.54, 1.807) is 19.1 Å². The van der Waals surface area contributed by atoms with Crippen LogP contribution in [0.3, 0.4) is 0 Å². The van der Waals surface area contributed by atoms with E-state index in [0.717, 1.165) is 49.4 Å². The third-order valence-electron chi connectivity index (χ3n) is 6.77. The third kappa shape index (κ3) is 2.46. The Hall–Kier alpha value is -2.53. The van der Waals surface area contributed by atoms with Crippen molar-refractivity contribution < 1.29 is 14.6 Å². The minimum Gasteiger partial charge on any atom is -0.508 e. The molecule has 28 heavy (non-hydrogen) atoms. The fraction of sp³-hybridized carbons (Fsp3) is 0.435. The summed E-state index contributed by atoms with van der Waals surface area (Å²) in [6, 6.07) is 11.8. The van der Waals surface area contributed by atoms with Gasteiger partial charge in [-0.2, -0.15) is 0 Å². The van der Waals surface area contributed by atoms with Crippen LogP contribution in [0, 0.1) is 5.92 Å². The zero-order chi connectivity index (χ0) is 19.5. The number of aromatic hydroxyl groups is 1. The number of carbonyl (C=O) groups is 1. The summed E-state index contributed by atoms with van der Waals surface area (Å²) < 4.78 is 6.42. The number of rotatable bonds is 1. The quantitative estimate of drug-likeness (QED) is 0.784. The topological polar surface area (TPSA) is 61.8 Å². The summed E-state index contributed by atoms with van der Waals surface area (Å²) in [5.74, 6) is 0.674. The second-order valence-corrected chi connectivity index (χ2v) is 8.32. The van der Waals surface area contributed by atoms with Crippen LogP contribution < -0.4 is 10.2 Å². The Labute approximate surface area is 165 Å². The summed E-state index contributed by atoms with van der Waals surface area (Å²) >= 11 is 0. The number of hydrogen-bond acceptors (Lipinski definition) is 4. The van der Waals surface area contributed by atoms with Gasteiger partial charge in [-0.25, -0.2) is 0 Å². The van der Waals surface area contributed by atoms with Crippen LogP contribution >= 0.6 is 0 Å². The monoisotopic (exact) mass is 378 g/mol. The minimum absolute atomic E-state index is 0.0979. The maximum Gasteiger partial charge on any atom is 0.223 e. The highest BCUT2D eigenvalue weighted by Crippen LogP contribution is 2.56. The van der Waals surface area contributed by atoms with Crippen LogP contribution in [0.15, 0.2) is 36.4 Å². The minimum atomic E-state index is -0.381. The molecule has 0 bridgehead atoms. The van der Waals surface area contributed by atoms with Crippen LogP contribution in [0.2, 0.25) is 0 Å². The second kappa shape index (κ2) is 6.24. The van der Waals surface area contributed by atoms with Crippen molar-refractivity contribution in [3.05, 3.63) is 53.1 Å². The molecule has 2 aromatic carbocycles. The van der Waals surface area contributed by atoms with E-state index in [-0.39, 0.29) is 23.3 Å². The van der Waals surface area contributed by atoms with Crippen molar-refractivity contribution in [2.24, 2.45) is 5.92 Å². The number of anilines is 2. The number of amides is 1. The van der Waals surface area contributed by atoms with Gasteiger partial charge in [-0.3, -0.25) is 4.79 Å². The maximum atomic E-state index is 12.2. The van der Waals surface area contributed by atoms with Crippen LogP contribution in [0.4, 0.5) is 11.4 Å². The van der Waals surface area contributed by atoms with Gasteiger partial charge in [0.1, 0.15) is 5.75 Å². The molecule has 2 aromatic rings. The number of ether oxygens (including phenoxy) is 1. The molecule has 3 atom stereocenters. The van der Waals surface area contributed by atoms with Gasteiger partial charge in [0.15, 0.2) is 0 Å². The molecule has 0 radical (unpaired) electrons. The molecular weight excluding hydrogens is 352 g/mol. The highest BCUT2D eigenvalue weighted by molar-refractivity contribution is 5.94. The molecule has 5 heteroatoms. The van der Waals surface area contributed by atoms with Crippen LogP contribution in [0.1, 0.15) is 49.4 Å². The maximum absolute atomic E-state index is 12.2. The van der Waals surface area contributed by atoms with Gasteiger partial charge in [0, 0.05) is 42.9 Å². The highest BCUT2D eigenvalue weighted by Gasteiger charge is 2.52. The number of phenols is 1.